The molecule has 0 amide bonds. The third-order valence-electron chi connectivity index (χ3n) is 3.52. The van der Waals surface area contributed by atoms with Crippen molar-refractivity contribution < 1.29 is 4.92 Å². The third kappa shape index (κ3) is 2.63. The molecule has 0 radical (unpaired) electrons. The summed E-state index contributed by atoms with van der Waals surface area (Å²) in [4.78, 5) is 10.7. The highest BCUT2D eigenvalue weighted by Crippen LogP contribution is 2.36. The van der Waals surface area contributed by atoms with Gasteiger partial charge in [0.05, 0.1) is 4.92 Å². The average Bonchev–Trinajstić information content (AvgIpc) is 3.05. The molecule has 1 fully saturated rings. The molecule has 1 N–H and O–H groups in total. The highest BCUT2D eigenvalue weighted by atomic mass is 16.6. The molecule has 1 heterocycles. The highest BCUT2D eigenvalue weighted by molar-refractivity contribution is 5.59. The molecule has 6 heteroatoms. The molecule has 1 aromatic rings. The lowest BCUT2D eigenvalue weighted by Crippen LogP contribution is -2.21. The standard InChI is InChI=1S/C12H20N4O2/c1-4-10(7-9-5-6-9)13-12-11(16(17)18)8(2)14-15(12)3/h9-10,13H,4-7H2,1-3H3. The molecule has 0 bridgehead atoms. The van der Waals surface area contributed by atoms with E-state index in [4.69, 9.17) is 0 Å². The van der Waals surface area contributed by atoms with Gasteiger partial charge in [-0.05, 0) is 25.7 Å². The summed E-state index contributed by atoms with van der Waals surface area (Å²) >= 11 is 0. The smallest absolute Gasteiger partial charge is 0.333 e. The van der Waals surface area contributed by atoms with Crippen LogP contribution >= 0.6 is 0 Å². The lowest BCUT2D eigenvalue weighted by molar-refractivity contribution is -0.384. The summed E-state index contributed by atoms with van der Waals surface area (Å²) < 4.78 is 1.57. The summed E-state index contributed by atoms with van der Waals surface area (Å²) in [5, 5.41) is 18.5. The van der Waals surface area contributed by atoms with E-state index in [2.05, 4.69) is 17.3 Å². The van der Waals surface area contributed by atoms with Crippen LogP contribution in [0.4, 0.5) is 11.5 Å². The van der Waals surface area contributed by atoms with E-state index < -0.39 is 0 Å². The molecule has 0 aromatic carbocycles. The number of hydrogen-bond acceptors (Lipinski definition) is 4. The summed E-state index contributed by atoms with van der Waals surface area (Å²) in [5.41, 5.74) is 0.568. The number of aromatic nitrogens is 2. The number of anilines is 1. The first-order valence-electron chi connectivity index (χ1n) is 6.47. The van der Waals surface area contributed by atoms with E-state index in [1.54, 1.807) is 18.7 Å². The van der Waals surface area contributed by atoms with Gasteiger partial charge >= 0.3 is 5.69 Å². The zero-order valence-electron chi connectivity index (χ0n) is 11.1. The van der Waals surface area contributed by atoms with Crippen LogP contribution in [0, 0.1) is 23.0 Å². The Balaban J connectivity index is 2.17. The maximum atomic E-state index is 11.1. The van der Waals surface area contributed by atoms with Gasteiger partial charge in [-0.25, -0.2) is 4.68 Å². The van der Waals surface area contributed by atoms with Crippen molar-refractivity contribution in [2.24, 2.45) is 13.0 Å². The van der Waals surface area contributed by atoms with Crippen LogP contribution in [0.25, 0.3) is 0 Å². The summed E-state index contributed by atoms with van der Waals surface area (Å²) in [6.07, 6.45) is 4.66. The molecule has 1 aliphatic rings. The van der Waals surface area contributed by atoms with Gasteiger partial charge in [-0.1, -0.05) is 19.8 Å². The van der Waals surface area contributed by atoms with E-state index in [0.29, 0.717) is 17.6 Å². The minimum absolute atomic E-state index is 0.103. The summed E-state index contributed by atoms with van der Waals surface area (Å²) in [7, 11) is 1.74. The van der Waals surface area contributed by atoms with Gasteiger partial charge in [0.1, 0.15) is 5.69 Å². The molecular formula is C12H20N4O2. The number of rotatable bonds is 6. The fourth-order valence-electron chi connectivity index (χ4n) is 2.30. The molecule has 1 aromatic heterocycles. The van der Waals surface area contributed by atoms with Gasteiger partial charge in [-0.2, -0.15) is 5.10 Å². The van der Waals surface area contributed by atoms with E-state index in [9.17, 15) is 10.1 Å². The van der Waals surface area contributed by atoms with E-state index in [1.807, 2.05) is 0 Å². The molecule has 0 aliphatic heterocycles. The van der Waals surface area contributed by atoms with Crippen LogP contribution in [0.3, 0.4) is 0 Å². The fraction of sp³-hybridized carbons (Fsp3) is 0.750. The molecule has 0 saturated heterocycles. The van der Waals surface area contributed by atoms with Crippen LogP contribution in [-0.4, -0.2) is 20.7 Å². The fourth-order valence-corrected chi connectivity index (χ4v) is 2.30. The molecule has 2 rings (SSSR count). The van der Waals surface area contributed by atoms with E-state index in [-0.39, 0.29) is 10.6 Å². The van der Waals surface area contributed by atoms with E-state index in [1.165, 1.54) is 12.8 Å². The van der Waals surface area contributed by atoms with Gasteiger partial charge in [0, 0.05) is 13.1 Å². The summed E-state index contributed by atoms with van der Waals surface area (Å²) in [6, 6.07) is 0.297. The van der Waals surface area contributed by atoms with Crippen LogP contribution < -0.4 is 5.32 Å². The highest BCUT2D eigenvalue weighted by Gasteiger charge is 2.29. The largest absolute Gasteiger partial charge is 0.362 e. The molecular weight excluding hydrogens is 232 g/mol. The molecule has 6 nitrogen and oxygen atoms in total. The van der Waals surface area contributed by atoms with Gasteiger partial charge < -0.3 is 5.32 Å². The quantitative estimate of drug-likeness (QED) is 0.624. The first-order valence-corrected chi connectivity index (χ1v) is 6.47. The SMILES string of the molecule is CCC(CC1CC1)Nc1c([N+](=O)[O-])c(C)nn1C. The molecule has 1 unspecified atom stereocenters. The van der Waals surface area contributed by atoms with Gasteiger partial charge in [0.15, 0.2) is 0 Å². The summed E-state index contributed by atoms with van der Waals surface area (Å²) in [6.45, 7) is 3.78. The van der Waals surface area contributed by atoms with Gasteiger partial charge in [0.25, 0.3) is 0 Å². The topological polar surface area (TPSA) is 73.0 Å². The van der Waals surface area contributed by atoms with Crippen LogP contribution in [-0.2, 0) is 7.05 Å². The Morgan fingerprint density at radius 1 is 1.61 bits per heavy atom. The number of nitro groups is 1. The van der Waals surface area contributed by atoms with Gasteiger partial charge in [-0.3, -0.25) is 10.1 Å². The van der Waals surface area contributed by atoms with Crippen molar-refractivity contribution in [3.63, 3.8) is 0 Å². The molecule has 18 heavy (non-hydrogen) atoms. The van der Waals surface area contributed by atoms with Crippen LogP contribution in [0.2, 0.25) is 0 Å². The van der Waals surface area contributed by atoms with Crippen molar-refractivity contribution in [1.82, 2.24) is 9.78 Å². The van der Waals surface area contributed by atoms with Crippen molar-refractivity contribution in [3.05, 3.63) is 15.8 Å². The maximum Gasteiger partial charge on any atom is 0.333 e. The Hall–Kier alpha value is -1.59. The Labute approximate surface area is 107 Å². The Morgan fingerprint density at radius 3 is 2.78 bits per heavy atom. The van der Waals surface area contributed by atoms with Crippen LogP contribution in [0.5, 0.6) is 0 Å². The summed E-state index contributed by atoms with van der Waals surface area (Å²) in [5.74, 6) is 1.33. The monoisotopic (exact) mass is 252 g/mol. The number of hydrogen-bond donors (Lipinski definition) is 1. The van der Waals surface area contributed by atoms with Crippen LogP contribution in [0.15, 0.2) is 0 Å². The second-order valence-electron chi connectivity index (χ2n) is 5.09. The first kappa shape index (κ1) is 12.9. The number of aryl methyl sites for hydroxylation is 2. The zero-order chi connectivity index (χ0) is 13.3. The van der Waals surface area contributed by atoms with Gasteiger partial charge in [0.2, 0.25) is 5.82 Å². The van der Waals surface area contributed by atoms with Crippen molar-refractivity contribution in [2.45, 2.75) is 45.6 Å². The predicted molar refractivity (Wildman–Crippen MR) is 69.6 cm³/mol. The molecule has 1 aliphatic carbocycles. The van der Waals surface area contributed by atoms with E-state index >= 15 is 0 Å². The molecule has 1 saturated carbocycles. The average molecular weight is 252 g/mol. The zero-order valence-corrected chi connectivity index (χ0v) is 11.1. The van der Waals surface area contributed by atoms with Crippen molar-refractivity contribution in [2.75, 3.05) is 5.32 Å². The minimum atomic E-state index is -0.353. The first-order chi connectivity index (χ1) is 8.52. The van der Waals surface area contributed by atoms with Crippen LogP contribution in [0.1, 0.15) is 38.3 Å². The number of nitrogens with zero attached hydrogens (tertiary/aromatic N) is 3. The van der Waals surface area contributed by atoms with Crippen molar-refractivity contribution >= 4 is 11.5 Å². The molecule has 0 spiro atoms. The molecule has 100 valence electrons. The lowest BCUT2D eigenvalue weighted by Gasteiger charge is -2.17. The van der Waals surface area contributed by atoms with E-state index in [0.717, 1.165) is 18.8 Å². The Kier molecular flexibility index (Phi) is 3.54. The van der Waals surface area contributed by atoms with Gasteiger partial charge in [-0.15, -0.1) is 0 Å². The Bertz CT molecular complexity index is 451. The Morgan fingerprint density at radius 2 is 2.28 bits per heavy atom. The lowest BCUT2D eigenvalue weighted by atomic mass is 10.1. The second kappa shape index (κ2) is 4.96. The number of nitrogens with one attached hydrogen (secondary N) is 1. The predicted octanol–water partition coefficient (Wildman–Crippen LogP) is 2.63. The normalized spacial score (nSPS) is 16.6. The molecule has 1 atom stereocenters. The van der Waals surface area contributed by atoms with Crippen molar-refractivity contribution in [3.8, 4) is 0 Å². The van der Waals surface area contributed by atoms with Crippen molar-refractivity contribution in [1.29, 1.82) is 0 Å². The maximum absolute atomic E-state index is 11.1. The minimum Gasteiger partial charge on any atom is -0.362 e. The third-order valence-corrected chi connectivity index (χ3v) is 3.52. The second-order valence-corrected chi connectivity index (χ2v) is 5.09.